The largest absolute Gasteiger partial charge is 0.435 e. The summed E-state index contributed by atoms with van der Waals surface area (Å²) in [5, 5.41) is 7.36. The number of rotatable bonds is 7. The van der Waals surface area contributed by atoms with E-state index in [0.717, 1.165) is 44.7 Å². The van der Waals surface area contributed by atoms with Crippen molar-refractivity contribution in [2.24, 2.45) is 0 Å². The minimum atomic E-state index is -4.54. The van der Waals surface area contributed by atoms with Crippen molar-refractivity contribution in [3.8, 4) is 0 Å². The van der Waals surface area contributed by atoms with Crippen molar-refractivity contribution in [2.75, 3.05) is 25.5 Å². The van der Waals surface area contributed by atoms with Crippen LogP contribution in [0.3, 0.4) is 0 Å². The van der Waals surface area contributed by atoms with Gasteiger partial charge in [0.15, 0.2) is 5.69 Å². The van der Waals surface area contributed by atoms with Gasteiger partial charge in [0.25, 0.3) is 0 Å². The van der Waals surface area contributed by atoms with Crippen molar-refractivity contribution in [1.29, 1.82) is 0 Å². The standard InChI is InChI=1S/C24H24F3N5O/c1-31(2)17-9-7-16(8-10-17)19(20-14-28-21-6-4-3-5-18(20)21)13-29-23(33)15-32-12-11-22(30-32)24(25,26)27/h3-12,14,19,28H,13,15H2,1-2H3,(H,29,33). The quantitative estimate of drug-likeness (QED) is 0.434. The highest BCUT2D eigenvalue weighted by molar-refractivity contribution is 5.84. The molecule has 4 rings (SSSR count). The molecule has 4 aromatic rings. The Labute approximate surface area is 189 Å². The van der Waals surface area contributed by atoms with Crippen LogP contribution in [0.1, 0.15) is 22.7 Å². The van der Waals surface area contributed by atoms with Crippen molar-refractivity contribution in [3.05, 3.63) is 83.8 Å². The molecule has 6 nitrogen and oxygen atoms in total. The first kappa shape index (κ1) is 22.4. The van der Waals surface area contributed by atoms with Gasteiger partial charge in [0.2, 0.25) is 5.91 Å². The fourth-order valence-electron chi connectivity index (χ4n) is 3.81. The number of hydrogen-bond acceptors (Lipinski definition) is 3. The molecule has 1 atom stereocenters. The lowest BCUT2D eigenvalue weighted by molar-refractivity contribution is -0.141. The topological polar surface area (TPSA) is 66.0 Å². The summed E-state index contributed by atoms with van der Waals surface area (Å²) in [4.78, 5) is 17.8. The van der Waals surface area contributed by atoms with Crippen LogP contribution in [0.2, 0.25) is 0 Å². The third-order valence-electron chi connectivity index (χ3n) is 5.55. The Kier molecular flexibility index (Phi) is 6.13. The molecule has 0 bridgehead atoms. The lowest BCUT2D eigenvalue weighted by Crippen LogP contribution is -2.32. The zero-order chi connectivity index (χ0) is 23.6. The van der Waals surface area contributed by atoms with Gasteiger partial charge in [-0.15, -0.1) is 0 Å². The van der Waals surface area contributed by atoms with E-state index < -0.39 is 17.8 Å². The Morgan fingerprint density at radius 3 is 2.52 bits per heavy atom. The van der Waals surface area contributed by atoms with Gasteiger partial charge in [-0.25, -0.2) is 0 Å². The van der Waals surface area contributed by atoms with Gasteiger partial charge >= 0.3 is 6.18 Å². The lowest BCUT2D eigenvalue weighted by atomic mass is 9.90. The second kappa shape index (κ2) is 9.01. The number of hydrogen-bond donors (Lipinski definition) is 2. The molecular weight excluding hydrogens is 431 g/mol. The van der Waals surface area contributed by atoms with Crippen LogP contribution < -0.4 is 10.2 Å². The van der Waals surface area contributed by atoms with Crippen LogP contribution >= 0.6 is 0 Å². The fourth-order valence-corrected chi connectivity index (χ4v) is 3.81. The maximum Gasteiger partial charge on any atom is 0.435 e. The van der Waals surface area contributed by atoms with Gasteiger partial charge in [0.1, 0.15) is 6.54 Å². The summed E-state index contributed by atoms with van der Waals surface area (Å²) in [5.74, 6) is -0.564. The summed E-state index contributed by atoms with van der Waals surface area (Å²) >= 11 is 0. The summed E-state index contributed by atoms with van der Waals surface area (Å²) in [6.45, 7) is -0.00829. The Balaban J connectivity index is 1.55. The van der Waals surface area contributed by atoms with E-state index in [4.69, 9.17) is 0 Å². The Morgan fingerprint density at radius 1 is 1.12 bits per heavy atom. The van der Waals surface area contributed by atoms with E-state index in [0.29, 0.717) is 0 Å². The van der Waals surface area contributed by atoms with Crippen LogP contribution in [0.4, 0.5) is 18.9 Å². The minimum Gasteiger partial charge on any atom is -0.378 e. The highest BCUT2D eigenvalue weighted by Gasteiger charge is 2.33. The van der Waals surface area contributed by atoms with Crippen molar-refractivity contribution < 1.29 is 18.0 Å². The van der Waals surface area contributed by atoms with Gasteiger partial charge in [0, 0.05) is 55.5 Å². The molecule has 33 heavy (non-hydrogen) atoms. The number of para-hydroxylation sites is 1. The van der Waals surface area contributed by atoms with Gasteiger partial charge in [-0.2, -0.15) is 18.3 Å². The van der Waals surface area contributed by atoms with E-state index in [1.54, 1.807) is 0 Å². The molecule has 0 saturated carbocycles. The van der Waals surface area contributed by atoms with Gasteiger partial charge in [-0.3, -0.25) is 9.48 Å². The predicted molar refractivity (Wildman–Crippen MR) is 121 cm³/mol. The molecule has 0 aliphatic heterocycles. The number of amides is 1. The molecule has 0 aliphatic rings. The number of aromatic nitrogens is 3. The molecular formula is C24H24F3N5O. The summed E-state index contributed by atoms with van der Waals surface area (Å²) in [6, 6.07) is 16.8. The van der Waals surface area contributed by atoms with E-state index in [1.165, 1.54) is 0 Å². The number of nitrogens with one attached hydrogen (secondary N) is 2. The number of halogens is 3. The number of anilines is 1. The monoisotopic (exact) mass is 455 g/mol. The van der Waals surface area contributed by atoms with E-state index in [9.17, 15) is 18.0 Å². The third-order valence-corrected chi connectivity index (χ3v) is 5.55. The number of H-pyrrole nitrogens is 1. The van der Waals surface area contributed by atoms with Crippen LogP contribution in [0.15, 0.2) is 67.0 Å². The molecule has 2 aromatic heterocycles. The average Bonchev–Trinajstić information content (AvgIpc) is 3.42. The SMILES string of the molecule is CN(C)c1ccc(C(CNC(=O)Cn2ccc(C(F)(F)F)n2)c2c[nH]c3ccccc23)cc1. The first-order chi connectivity index (χ1) is 15.7. The summed E-state index contributed by atoms with van der Waals surface area (Å²) in [6.07, 6.45) is -1.45. The molecule has 2 heterocycles. The van der Waals surface area contributed by atoms with Crippen molar-refractivity contribution >= 4 is 22.5 Å². The second-order valence-corrected chi connectivity index (χ2v) is 8.03. The normalized spacial score (nSPS) is 12.6. The van der Waals surface area contributed by atoms with Crippen molar-refractivity contribution in [1.82, 2.24) is 20.1 Å². The van der Waals surface area contributed by atoms with Crippen LogP contribution in [0.5, 0.6) is 0 Å². The summed E-state index contributed by atoms with van der Waals surface area (Å²) < 4.78 is 39.3. The number of aromatic amines is 1. The Morgan fingerprint density at radius 2 is 1.85 bits per heavy atom. The first-order valence-electron chi connectivity index (χ1n) is 10.4. The Bertz CT molecular complexity index is 1240. The molecule has 0 aliphatic carbocycles. The highest BCUT2D eigenvalue weighted by atomic mass is 19.4. The van der Waals surface area contributed by atoms with Gasteiger partial charge in [-0.05, 0) is 35.4 Å². The zero-order valence-corrected chi connectivity index (χ0v) is 18.2. The molecule has 2 N–H and O–H groups in total. The van der Waals surface area contributed by atoms with Crippen molar-refractivity contribution in [3.63, 3.8) is 0 Å². The van der Waals surface area contributed by atoms with E-state index >= 15 is 0 Å². The molecule has 172 valence electrons. The molecule has 2 aromatic carbocycles. The molecule has 0 radical (unpaired) electrons. The molecule has 0 saturated heterocycles. The number of carbonyl (C=O) groups excluding carboxylic acids is 1. The van der Waals surface area contributed by atoms with Gasteiger partial charge < -0.3 is 15.2 Å². The average molecular weight is 455 g/mol. The Hall–Kier alpha value is -3.75. The fraction of sp³-hybridized carbons (Fsp3) is 0.250. The third kappa shape index (κ3) is 5.02. The number of benzene rings is 2. The second-order valence-electron chi connectivity index (χ2n) is 8.03. The first-order valence-corrected chi connectivity index (χ1v) is 10.4. The molecule has 0 spiro atoms. The maximum atomic E-state index is 12.8. The number of carbonyl (C=O) groups is 1. The molecule has 1 unspecified atom stereocenters. The number of nitrogens with zero attached hydrogens (tertiary/aromatic N) is 3. The molecule has 9 heteroatoms. The summed E-state index contributed by atoms with van der Waals surface area (Å²) in [5.41, 5.74) is 3.07. The lowest BCUT2D eigenvalue weighted by Gasteiger charge is -2.20. The van der Waals surface area contributed by atoms with Crippen molar-refractivity contribution in [2.45, 2.75) is 18.6 Å². The predicted octanol–water partition coefficient (Wildman–Crippen LogP) is 4.40. The van der Waals surface area contributed by atoms with Crippen LogP contribution in [-0.4, -0.2) is 41.3 Å². The zero-order valence-electron chi connectivity index (χ0n) is 18.2. The summed E-state index contributed by atoms with van der Waals surface area (Å²) in [7, 11) is 3.93. The van der Waals surface area contributed by atoms with E-state index in [-0.39, 0.29) is 19.0 Å². The van der Waals surface area contributed by atoms with Gasteiger partial charge in [0.05, 0.1) is 0 Å². The maximum absolute atomic E-state index is 12.8. The van der Waals surface area contributed by atoms with E-state index in [2.05, 4.69) is 15.4 Å². The van der Waals surface area contributed by atoms with Crippen LogP contribution in [0, 0.1) is 0 Å². The molecule has 0 fully saturated rings. The molecule has 1 amide bonds. The van der Waals surface area contributed by atoms with Crippen LogP contribution in [-0.2, 0) is 17.5 Å². The number of alkyl halides is 3. The number of fused-ring (bicyclic) bond motifs is 1. The highest BCUT2D eigenvalue weighted by Crippen LogP contribution is 2.31. The van der Waals surface area contributed by atoms with Crippen LogP contribution in [0.25, 0.3) is 10.9 Å². The minimum absolute atomic E-state index is 0.148. The smallest absolute Gasteiger partial charge is 0.378 e. The van der Waals surface area contributed by atoms with E-state index in [1.807, 2.05) is 73.7 Å². The van der Waals surface area contributed by atoms with Gasteiger partial charge in [-0.1, -0.05) is 30.3 Å².